The number of likely N-dealkylation sites (N-methyl/N-ethyl adjacent to an activating group) is 1. The lowest BCUT2D eigenvalue weighted by Gasteiger charge is -2.29. The molecule has 1 N–H and O–H groups in total. The number of aromatic amines is 1. The van der Waals surface area contributed by atoms with E-state index in [0.29, 0.717) is 6.54 Å². The summed E-state index contributed by atoms with van der Waals surface area (Å²) in [6.07, 6.45) is 2.12. The van der Waals surface area contributed by atoms with Gasteiger partial charge in [0.25, 0.3) is 5.56 Å². The average Bonchev–Trinajstić information content (AvgIpc) is 2.70. The van der Waals surface area contributed by atoms with Gasteiger partial charge in [-0.25, -0.2) is 0 Å². The highest BCUT2D eigenvalue weighted by molar-refractivity contribution is 5.87. The van der Waals surface area contributed by atoms with Crippen molar-refractivity contribution in [3.05, 3.63) is 92.4 Å². The highest BCUT2D eigenvalue weighted by Gasteiger charge is 2.26. The molecule has 0 amide bonds. The first kappa shape index (κ1) is 18.9. The number of H-pyrrole nitrogens is 1. The number of fused-ring (bicyclic) bond motifs is 1. The van der Waals surface area contributed by atoms with Crippen LogP contribution in [0, 0.1) is 25.2 Å². The first-order chi connectivity index (χ1) is 14.0. The van der Waals surface area contributed by atoms with Crippen molar-refractivity contribution in [1.29, 1.82) is 5.26 Å². The Morgan fingerprint density at radius 2 is 1.62 bits per heavy atom. The van der Waals surface area contributed by atoms with Crippen LogP contribution in [0.25, 0.3) is 22.8 Å². The molecule has 0 radical (unpaired) electrons. The van der Waals surface area contributed by atoms with Gasteiger partial charge in [0.15, 0.2) is 0 Å². The van der Waals surface area contributed by atoms with Crippen molar-refractivity contribution in [2.75, 3.05) is 13.6 Å². The van der Waals surface area contributed by atoms with Crippen LogP contribution in [-0.2, 0) is 6.54 Å². The SMILES string of the molecule is Cc1ccc(/C=C2\CN(C)Cc3c2[nH]c(=O)c(C#N)c3-c2ccc(C)cc2)cc1. The molecule has 4 rings (SSSR count). The summed E-state index contributed by atoms with van der Waals surface area (Å²) >= 11 is 0. The molecule has 1 aliphatic heterocycles. The van der Waals surface area contributed by atoms with Crippen molar-refractivity contribution < 1.29 is 0 Å². The zero-order chi connectivity index (χ0) is 20.5. The summed E-state index contributed by atoms with van der Waals surface area (Å²) in [7, 11) is 2.06. The van der Waals surface area contributed by atoms with Crippen LogP contribution in [0.15, 0.2) is 53.3 Å². The zero-order valence-corrected chi connectivity index (χ0v) is 16.9. The van der Waals surface area contributed by atoms with E-state index in [0.717, 1.165) is 45.6 Å². The molecule has 0 saturated heterocycles. The minimum atomic E-state index is -0.332. The fraction of sp³-hybridized carbons (Fsp3) is 0.200. The number of aromatic nitrogens is 1. The van der Waals surface area contributed by atoms with Gasteiger partial charge in [-0.2, -0.15) is 5.26 Å². The summed E-state index contributed by atoms with van der Waals surface area (Å²) < 4.78 is 0. The van der Waals surface area contributed by atoms with Crippen LogP contribution >= 0.6 is 0 Å². The number of pyridine rings is 1. The maximum atomic E-state index is 12.8. The third-order valence-electron chi connectivity index (χ3n) is 5.38. The average molecular weight is 381 g/mol. The van der Waals surface area contributed by atoms with Crippen molar-refractivity contribution in [1.82, 2.24) is 9.88 Å². The third-order valence-corrected chi connectivity index (χ3v) is 5.38. The van der Waals surface area contributed by atoms with Crippen molar-refractivity contribution in [3.63, 3.8) is 0 Å². The number of nitrogens with one attached hydrogen (secondary N) is 1. The van der Waals surface area contributed by atoms with E-state index >= 15 is 0 Å². The standard InChI is InChI=1S/C25H23N3O/c1-16-4-8-18(9-5-16)12-20-14-28(3)15-22-23(19-10-6-17(2)7-11-19)21(13-26)25(29)27-24(20)22/h4-12H,14-15H2,1-3H3,(H,27,29)/b20-12+. The normalized spacial score (nSPS) is 15.2. The molecule has 0 atom stereocenters. The van der Waals surface area contributed by atoms with Crippen molar-refractivity contribution in [2.24, 2.45) is 0 Å². The highest BCUT2D eigenvalue weighted by Crippen LogP contribution is 2.35. The van der Waals surface area contributed by atoms with E-state index < -0.39 is 0 Å². The molecule has 2 heterocycles. The molecule has 144 valence electrons. The number of rotatable bonds is 2. The van der Waals surface area contributed by atoms with E-state index in [1.807, 2.05) is 31.2 Å². The number of nitriles is 1. The fourth-order valence-corrected chi connectivity index (χ4v) is 3.90. The minimum Gasteiger partial charge on any atom is -0.321 e. The Bertz CT molecular complexity index is 1190. The Balaban J connectivity index is 1.97. The number of nitrogens with zero attached hydrogens (tertiary/aromatic N) is 2. The van der Waals surface area contributed by atoms with E-state index in [2.05, 4.69) is 60.3 Å². The quantitative estimate of drug-likeness (QED) is 0.710. The molecule has 1 aromatic heterocycles. The summed E-state index contributed by atoms with van der Waals surface area (Å²) in [6.45, 7) is 5.50. The molecule has 0 unspecified atom stereocenters. The van der Waals surface area contributed by atoms with E-state index in [-0.39, 0.29) is 11.1 Å². The molecule has 29 heavy (non-hydrogen) atoms. The van der Waals surface area contributed by atoms with Gasteiger partial charge in [-0.1, -0.05) is 59.7 Å². The molecule has 3 aromatic rings. The van der Waals surface area contributed by atoms with Gasteiger partial charge < -0.3 is 4.98 Å². The molecule has 0 bridgehead atoms. The topological polar surface area (TPSA) is 59.9 Å². The summed E-state index contributed by atoms with van der Waals surface area (Å²) in [5.41, 5.74) is 7.82. The molecule has 0 saturated carbocycles. The predicted octanol–water partition coefficient (Wildman–Crippen LogP) is 4.52. The molecule has 0 aliphatic carbocycles. The van der Waals surface area contributed by atoms with E-state index in [9.17, 15) is 10.1 Å². The molecule has 0 spiro atoms. The second-order valence-corrected chi connectivity index (χ2v) is 7.79. The summed E-state index contributed by atoms with van der Waals surface area (Å²) in [5.74, 6) is 0. The number of benzene rings is 2. The van der Waals surface area contributed by atoms with Crippen LogP contribution in [-0.4, -0.2) is 23.5 Å². The van der Waals surface area contributed by atoms with Crippen molar-refractivity contribution in [2.45, 2.75) is 20.4 Å². The molecular weight excluding hydrogens is 358 g/mol. The molecular formula is C25H23N3O. The van der Waals surface area contributed by atoms with Crippen LogP contribution < -0.4 is 5.56 Å². The number of aryl methyl sites for hydroxylation is 2. The summed E-state index contributed by atoms with van der Waals surface area (Å²) in [4.78, 5) is 18.0. The predicted molar refractivity (Wildman–Crippen MR) is 117 cm³/mol. The lowest BCUT2D eigenvalue weighted by molar-refractivity contribution is 0.358. The third kappa shape index (κ3) is 3.65. The smallest absolute Gasteiger partial charge is 0.266 e. The van der Waals surface area contributed by atoms with Gasteiger partial charge in [-0.3, -0.25) is 9.69 Å². The maximum Gasteiger partial charge on any atom is 0.266 e. The van der Waals surface area contributed by atoms with Crippen LogP contribution in [0.3, 0.4) is 0 Å². The van der Waals surface area contributed by atoms with E-state index in [1.165, 1.54) is 5.56 Å². The van der Waals surface area contributed by atoms with Gasteiger partial charge in [0.05, 0.1) is 5.69 Å². The summed E-state index contributed by atoms with van der Waals surface area (Å²) in [6, 6.07) is 18.5. The second kappa shape index (κ2) is 7.54. The van der Waals surface area contributed by atoms with E-state index in [4.69, 9.17) is 0 Å². The molecule has 0 fully saturated rings. The molecule has 4 heteroatoms. The van der Waals surface area contributed by atoms with Gasteiger partial charge in [0, 0.05) is 18.7 Å². The van der Waals surface area contributed by atoms with Crippen LogP contribution in [0.2, 0.25) is 0 Å². The zero-order valence-electron chi connectivity index (χ0n) is 16.9. The van der Waals surface area contributed by atoms with Gasteiger partial charge in [0.2, 0.25) is 0 Å². The monoisotopic (exact) mass is 381 g/mol. The first-order valence-electron chi connectivity index (χ1n) is 9.68. The largest absolute Gasteiger partial charge is 0.321 e. The Morgan fingerprint density at radius 3 is 2.24 bits per heavy atom. The van der Waals surface area contributed by atoms with Gasteiger partial charge >= 0.3 is 0 Å². The van der Waals surface area contributed by atoms with Crippen LogP contribution in [0.1, 0.15) is 33.5 Å². The lowest BCUT2D eigenvalue weighted by atomic mass is 9.89. The van der Waals surface area contributed by atoms with Crippen molar-refractivity contribution in [3.8, 4) is 17.2 Å². The van der Waals surface area contributed by atoms with Gasteiger partial charge in [0.1, 0.15) is 11.6 Å². The Hall–Kier alpha value is -3.42. The maximum absolute atomic E-state index is 12.8. The Morgan fingerprint density at radius 1 is 1.00 bits per heavy atom. The summed E-state index contributed by atoms with van der Waals surface area (Å²) in [5, 5.41) is 9.71. The lowest BCUT2D eigenvalue weighted by Crippen LogP contribution is -2.30. The second-order valence-electron chi connectivity index (χ2n) is 7.79. The number of hydrogen-bond acceptors (Lipinski definition) is 3. The van der Waals surface area contributed by atoms with Crippen LogP contribution in [0.5, 0.6) is 0 Å². The molecule has 1 aliphatic rings. The number of hydrogen-bond donors (Lipinski definition) is 1. The van der Waals surface area contributed by atoms with Gasteiger partial charge in [-0.15, -0.1) is 0 Å². The minimum absolute atomic E-state index is 0.178. The highest BCUT2D eigenvalue weighted by atomic mass is 16.1. The van der Waals surface area contributed by atoms with E-state index in [1.54, 1.807) is 0 Å². The van der Waals surface area contributed by atoms with Crippen molar-refractivity contribution >= 4 is 11.6 Å². The fourth-order valence-electron chi connectivity index (χ4n) is 3.90. The Labute approximate surface area is 170 Å². The van der Waals surface area contributed by atoms with Gasteiger partial charge in [-0.05, 0) is 49.2 Å². The Kier molecular flexibility index (Phi) is 4.92. The first-order valence-corrected chi connectivity index (χ1v) is 9.68. The van der Waals surface area contributed by atoms with Crippen LogP contribution in [0.4, 0.5) is 0 Å². The molecule has 4 nitrogen and oxygen atoms in total. The molecule has 2 aromatic carbocycles.